The molecule has 0 saturated heterocycles. The van der Waals surface area contributed by atoms with E-state index >= 15 is 0 Å². The van der Waals surface area contributed by atoms with Crippen LogP contribution in [0, 0.1) is 0 Å². The maximum atomic E-state index is 12.8. The molecule has 162 valence electrons. The van der Waals surface area contributed by atoms with E-state index in [0.717, 1.165) is 12.3 Å². The normalized spacial score (nSPS) is 11.0. The van der Waals surface area contributed by atoms with Crippen molar-refractivity contribution in [1.82, 2.24) is 0 Å². The first-order valence-electron chi connectivity index (χ1n) is 8.32. The van der Waals surface area contributed by atoms with Crippen molar-refractivity contribution >= 4 is 38.9 Å². The predicted octanol–water partition coefficient (Wildman–Crippen LogP) is 2.88. The fourth-order valence-corrected chi connectivity index (χ4v) is 3.02. The molecule has 0 radical (unpaired) electrons. The molecule has 2 aromatic carbocycles. The van der Waals surface area contributed by atoms with Crippen LogP contribution in [0.15, 0.2) is 36.4 Å². The van der Waals surface area contributed by atoms with Gasteiger partial charge < -0.3 is 20.1 Å². The number of sulfonamides is 1. The van der Waals surface area contributed by atoms with E-state index in [0.29, 0.717) is 0 Å². The maximum absolute atomic E-state index is 12.8. The van der Waals surface area contributed by atoms with Gasteiger partial charge in [-0.3, -0.25) is 14.3 Å². The van der Waals surface area contributed by atoms with Gasteiger partial charge in [-0.15, -0.1) is 0 Å². The molecule has 0 spiro atoms. The molecule has 2 aromatic rings. The number of nitrogens with one attached hydrogen (secondary N) is 3. The Hall–Kier alpha value is -3.41. The minimum atomic E-state index is -3.71. The number of ether oxygens (including phenoxy) is 2. The second-order valence-corrected chi connectivity index (χ2v) is 7.76. The standard InChI is InChI=1S/C18H19F2N3O6S/c1-10(24)21-11-4-6-14(23-30(3,26)27)13(8-11)17(25)22-12-5-7-15(28-2)16(9-12)29-18(19)20/h4-9,18,23H,1-3H3,(H,21,24)(H,22,25). The van der Waals surface area contributed by atoms with Crippen molar-refractivity contribution in [2.75, 3.05) is 28.7 Å². The van der Waals surface area contributed by atoms with Crippen LogP contribution in [0.5, 0.6) is 11.5 Å². The van der Waals surface area contributed by atoms with Gasteiger partial charge in [-0.1, -0.05) is 0 Å². The maximum Gasteiger partial charge on any atom is 0.387 e. The van der Waals surface area contributed by atoms with Gasteiger partial charge in [0.15, 0.2) is 11.5 Å². The Balaban J connectivity index is 2.39. The highest BCUT2D eigenvalue weighted by molar-refractivity contribution is 7.92. The third-order valence-electron chi connectivity index (χ3n) is 3.52. The van der Waals surface area contributed by atoms with Gasteiger partial charge in [0.25, 0.3) is 5.91 Å². The van der Waals surface area contributed by atoms with Crippen LogP contribution in [0.4, 0.5) is 25.8 Å². The van der Waals surface area contributed by atoms with E-state index in [-0.39, 0.29) is 34.1 Å². The molecule has 0 aliphatic carbocycles. The summed E-state index contributed by atoms with van der Waals surface area (Å²) in [6, 6.07) is 7.82. The van der Waals surface area contributed by atoms with Crippen molar-refractivity contribution in [2.24, 2.45) is 0 Å². The Labute approximate surface area is 171 Å². The summed E-state index contributed by atoms with van der Waals surface area (Å²) in [5.74, 6) is -1.43. The molecule has 30 heavy (non-hydrogen) atoms. The van der Waals surface area contributed by atoms with Crippen molar-refractivity contribution in [3.8, 4) is 11.5 Å². The van der Waals surface area contributed by atoms with Gasteiger partial charge in [0.05, 0.1) is 24.6 Å². The molecule has 0 heterocycles. The van der Waals surface area contributed by atoms with Crippen molar-refractivity contribution in [2.45, 2.75) is 13.5 Å². The lowest BCUT2D eigenvalue weighted by molar-refractivity contribution is -0.114. The molecule has 0 aliphatic rings. The van der Waals surface area contributed by atoms with E-state index in [9.17, 15) is 26.8 Å². The van der Waals surface area contributed by atoms with Crippen LogP contribution in [0.25, 0.3) is 0 Å². The average molecular weight is 443 g/mol. The first-order valence-corrected chi connectivity index (χ1v) is 10.2. The van der Waals surface area contributed by atoms with Gasteiger partial charge in [0, 0.05) is 24.4 Å². The summed E-state index contributed by atoms with van der Waals surface area (Å²) in [5.41, 5.74) is 0.190. The molecule has 2 amide bonds. The monoisotopic (exact) mass is 443 g/mol. The van der Waals surface area contributed by atoms with E-state index in [1.54, 1.807) is 0 Å². The zero-order valence-corrected chi connectivity index (χ0v) is 17.0. The van der Waals surface area contributed by atoms with Crippen molar-refractivity contribution in [1.29, 1.82) is 0 Å². The lowest BCUT2D eigenvalue weighted by atomic mass is 10.1. The van der Waals surface area contributed by atoms with Crippen molar-refractivity contribution in [3.05, 3.63) is 42.0 Å². The molecule has 0 fully saturated rings. The zero-order valence-electron chi connectivity index (χ0n) is 16.2. The lowest BCUT2D eigenvalue weighted by Gasteiger charge is -2.15. The molecule has 12 heteroatoms. The van der Waals surface area contributed by atoms with Crippen LogP contribution < -0.4 is 24.8 Å². The van der Waals surface area contributed by atoms with E-state index in [1.807, 2.05) is 0 Å². The molecular formula is C18H19F2N3O6S. The van der Waals surface area contributed by atoms with Gasteiger partial charge in [0.1, 0.15) is 0 Å². The van der Waals surface area contributed by atoms with E-state index in [1.165, 1.54) is 44.4 Å². The number of carbonyl (C=O) groups excluding carboxylic acids is 2. The quantitative estimate of drug-likeness (QED) is 0.577. The predicted molar refractivity (Wildman–Crippen MR) is 107 cm³/mol. The summed E-state index contributed by atoms with van der Waals surface area (Å²) >= 11 is 0. The smallest absolute Gasteiger partial charge is 0.387 e. The minimum absolute atomic E-state index is 0.0281. The number of carbonyl (C=O) groups is 2. The summed E-state index contributed by atoms with van der Waals surface area (Å²) in [6.45, 7) is -1.84. The number of rotatable bonds is 8. The number of hydrogen-bond donors (Lipinski definition) is 3. The summed E-state index contributed by atoms with van der Waals surface area (Å²) < 4.78 is 59.9. The van der Waals surface area contributed by atoms with Gasteiger partial charge in [-0.05, 0) is 30.3 Å². The molecule has 0 saturated carbocycles. The zero-order chi connectivity index (χ0) is 22.5. The molecule has 2 rings (SSSR count). The highest BCUT2D eigenvalue weighted by Gasteiger charge is 2.18. The molecule has 0 atom stereocenters. The van der Waals surface area contributed by atoms with Crippen LogP contribution in [-0.2, 0) is 14.8 Å². The molecule has 3 N–H and O–H groups in total. The van der Waals surface area contributed by atoms with Gasteiger partial charge in [0.2, 0.25) is 15.9 Å². The Kier molecular flexibility index (Phi) is 7.16. The van der Waals surface area contributed by atoms with Crippen LogP contribution in [0.1, 0.15) is 17.3 Å². The average Bonchev–Trinajstić information content (AvgIpc) is 2.61. The largest absolute Gasteiger partial charge is 0.493 e. The molecule has 0 bridgehead atoms. The number of amides is 2. The van der Waals surface area contributed by atoms with E-state index < -0.39 is 28.4 Å². The molecule has 0 unspecified atom stereocenters. The van der Waals surface area contributed by atoms with Gasteiger partial charge >= 0.3 is 6.61 Å². The van der Waals surface area contributed by atoms with Gasteiger partial charge in [-0.25, -0.2) is 8.42 Å². The first-order chi connectivity index (χ1) is 14.0. The second-order valence-electron chi connectivity index (χ2n) is 6.01. The van der Waals surface area contributed by atoms with Crippen LogP contribution in [-0.4, -0.2) is 40.2 Å². The number of alkyl halides is 2. The number of halogens is 2. The Morgan fingerprint density at radius 1 is 1.00 bits per heavy atom. The number of anilines is 3. The number of benzene rings is 2. The Morgan fingerprint density at radius 3 is 2.20 bits per heavy atom. The summed E-state index contributed by atoms with van der Waals surface area (Å²) in [4.78, 5) is 24.0. The third-order valence-corrected chi connectivity index (χ3v) is 4.11. The third kappa shape index (κ3) is 6.58. The van der Waals surface area contributed by atoms with Crippen LogP contribution in [0.2, 0.25) is 0 Å². The SMILES string of the molecule is COc1ccc(NC(=O)c2cc(NC(C)=O)ccc2NS(C)(=O)=O)cc1OC(F)F. The lowest BCUT2D eigenvalue weighted by Crippen LogP contribution is -2.18. The molecular weight excluding hydrogens is 424 g/mol. The first kappa shape index (κ1) is 22.9. The van der Waals surface area contributed by atoms with Crippen molar-refractivity contribution in [3.63, 3.8) is 0 Å². The fourth-order valence-electron chi connectivity index (χ4n) is 2.44. The van der Waals surface area contributed by atoms with E-state index in [2.05, 4.69) is 20.1 Å². The summed E-state index contributed by atoms with van der Waals surface area (Å²) in [6.07, 6.45) is 0.911. The Morgan fingerprint density at radius 2 is 1.63 bits per heavy atom. The number of hydrogen-bond acceptors (Lipinski definition) is 6. The van der Waals surface area contributed by atoms with E-state index in [4.69, 9.17) is 4.74 Å². The summed E-state index contributed by atoms with van der Waals surface area (Å²) in [7, 11) is -2.44. The molecule has 0 aliphatic heterocycles. The highest BCUT2D eigenvalue weighted by Crippen LogP contribution is 2.32. The molecule has 9 nitrogen and oxygen atoms in total. The topological polar surface area (TPSA) is 123 Å². The molecule has 0 aromatic heterocycles. The minimum Gasteiger partial charge on any atom is -0.493 e. The fraction of sp³-hybridized carbons (Fsp3) is 0.222. The van der Waals surface area contributed by atoms with Crippen LogP contribution >= 0.6 is 0 Å². The summed E-state index contributed by atoms with van der Waals surface area (Å²) in [5, 5.41) is 4.95. The second kappa shape index (κ2) is 9.39. The van der Waals surface area contributed by atoms with Gasteiger partial charge in [-0.2, -0.15) is 8.78 Å². The Bertz CT molecular complexity index is 1060. The van der Waals surface area contributed by atoms with Crippen LogP contribution in [0.3, 0.4) is 0 Å². The number of methoxy groups -OCH3 is 1. The highest BCUT2D eigenvalue weighted by atomic mass is 32.2. The van der Waals surface area contributed by atoms with Crippen molar-refractivity contribution < 1.29 is 36.3 Å².